The SMILES string of the molecule is Cc1cc(OCC(F)F)ccc1NC=C1C(=O)OC(C)(C)OC1=O. The molecule has 1 N–H and O–H groups in total. The molecule has 6 nitrogen and oxygen atoms in total. The molecule has 24 heavy (non-hydrogen) atoms. The monoisotopic (exact) mass is 341 g/mol. The van der Waals surface area contributed by atoms with E-state index in [0.29, 0.717) is 17.0 Å². The van der Waals surface area contributed by atoms with Crippen molar-refractivity contribution in [1.29, 1.82) is 0 Å². The van der Waals surface area contributed by atoms with Gasteiger partial charge in [0.1, 0.15) is 12.4 Å². The first kappa shape index (κ1) is 17.7. The Bertz CT molecular complexity index is 663. The fourth-order valence-corrected chi connectivity index (χ4v) is 1.98. The number of carbonyl (C=O) groups is 2. The molecule has 130 valence electrons. The third-order valence-electron chi connectivity index (χ3n) is 3.06. The number of carbonyl (C=O) groups excluding carboxylic acids is 2. The number of halogens is 2. The minimum absolute atomic E-state index is 0.272. The predicted molar refractivity (Wildman–Crippen MR) is 80.6 cm³/mol. The molecule has 1 saturated heterocycles. The second-order valence-electron chi connectivity index (χ2n) is 5.56. The zero-order valence-corrected chi connectivity index (χ0v) is 13.4. The van der Waals surface area contributed by atoms with Crippen LogP contribution in [-0.4, -0.2) is 30.8 Å². The van der Waals surface area contributed by atoms with E-state index in [0.717, 1.165) is 0 Å². The largest absolute Gasteiger partial charge is 0.488 e. The summed E-state index contributed by atoms with van der Waals surface area (Å²) in [5.41, 5.74) is 0.973. The first-order chi connectivity index (χ1) is 11.2. The smallest absolute Gasteiger partial charge is 0.350 e. The lowest BCUT2D eigenvalue weighted by molar-refractivity contribution is -0.222. The van der Waals surface area contributed by atoms with Gasteiger partial charge in [-0.1, -0.05) is 0 Å². The molecule has 0 aromatic heterocycles. The lowest BCUT2D eigenvalue weighted by Crippen LogP contribution is -2.42. The molecule has 1 aliphatic heterocycles. The van der Waals surface area contributed by atoms with Gasteiger partial charge in [-0.25, -0.2) is 18.4 Å². The van der Waals surface area contributed by atoms with Crippen molar-refractivity contribution in [3.63, 3.8) is 0 Å². The van der Waals surface area contributed by atoms with Gasteiger partial charge in [-0.05, 0) is 30.7 Å². The number of alkyl halides is 2. The number of ether oxygens (including phenoxy) is 3. The molecule has 1 heterocycles. The summed E-state index contributed by atoms with van der Waals surface area (Å²) in [7, 11) is 0. The standard InChI is InChI=1S/C16H17F2NO5/c1-9-6-10(22-8-13(17)18)4-5-12(9)19-7-11-14(20)23-16(2,3)24-15(11)21/h4-7,13,19H,8H2,1-3H3. The highest BCUT2D eigenvalue weighted by Gasteiger charge is 2.38. The molecule has 8 heteroatoms. The van der Waals surface area contributed by atoms with Gasteiger partial charge in [-0.15, -0.1) is 0 Å². The Morgan fingerprint density at radius 2 is 1.88 bits per heavy atom. The van der Waals surface area contributed by atoms with Crippen LogP contribution in [-0.2, 0) is 19.1 Å². The molecule has 0 unspecified atom stereocenters. The molecule has 0 spiro atoms. The zero-order chi connectivity index (χ0) is 17.9. The van der Waals surface area contributed by atoms with Gasteiger partial charge in [0.15, 0.2) is 5.57 Å². The van der Waals surface area contributed by atoms with E-state index in [2.05, 4.69) is 5.32 Å². The molecular weight excluding hydrogens is 324 g/mol. The van der Waals surface area contributed by atoms with E-state index >= 15 is 0 Å². The summed E-state index contributed by atoms with van der Waals surface area (Å²) in [6.45, 7) is 3.94. The lowest BCUT2D eigenvalue weighted by Gasteiger charge is -2.29. The second-order valence-corrected chi connectivity index (χ2v) is 5.56. The van der Waals surface area contributed by atoms with E-state index < -0.39 is 30.8 Å². The Hall–Kier alpha value is -2.64. The number of rotatable bonds is 5. The molecule has 0 aliphatic carbocycles. The van der Waals surface area contributed by atoms with Crippen molar-refractivity contribution in [3.05, 3.63) is 35.5 Å². The minimum atomic E-state index is -2.56. The fraction of sp³-hybridized carbons (Fsp3) is 0.375. The van der Waals surface area contributed by atoms with Gasteiger partial charge >= 0.3 is 11.9 Å². The number of aryl methyl sites for hydroxylation is 1. The second kappa shape index (κ2) is 6.86. The molecule has 2 rings (SSSR count). The zero-order valence-electron chi connectivity index (χ0n) is 13.4. The summed E-state index contributed by atoms with van der Waals surface area (Å²) >= 11 is 0. The Morgan fingerprint density at radius 3 is 2.42 bits per heavy atom. The van der Waals surface area contributed by atoms with Crippen LogP contribution in [0.2, 0.25) is 0 Å². The summed E-state index contributed by atoms with van der Waals surface area (Å²) in [5, 5.41) is 2.80. The van der Waals surface area contributed by atoms with Gasteiger partial charge in [0, 0.05) is 25.7 Å². The fourth-order valence-electron chi connectivity index (χ4n) is 1.98. The maximum Gasteiger partial charge on any atom is 0.350 e. The molecule has 0 bridgehead atoms. The lowest BCUT2D eigenvalue weighted by atomic mass is 10.2. The molecule has 1 fully saturated rings. The van der Waals surface area contributed by atoms with Crippen LogP contribution >= 0.6 is 0 Å². The Morgan fingerprint density at radius 1 is 1.25 bits per heavy atom. The average molecular weight is 341 g/mol. The summed E-state index contributed by atoms with van der Waals surface area (Å²) in [4.78, 5) is 23.6. The summed E-state index contributed by atoms with van der Waals surface area (Å²) < 4.78 is 39.1. The number of esters is 2. The minimum Gasteiger partial charge on any atom is -0.488 e. The topological polar surface area (TPSA) is 73.9 Å². The van der Waals surface area contributed by atoms with Crippen LogP contribution in [0.3, 0.4) is 0 Å². The summed E-state index contributed by atoms with van der Waals surface area (Å²) in [6, 6.07) is 4.64. The third kappa shape index (κ3) is 4.43. The average Bonchev–Trinajstić information content (AvgIpc) is 2.44. The van der Waals surface area contributed by atoms with Gasteiger partial charge in [-0.2, -0.15) is 0 Å². The van der Waals surface area contributed by atoms with Crippen LogP contribution in [0.15, 0.2) is 30.0 Å². The normalized spacial score (nSPS) is 16.5. The van der Waals surface area contributed by atoms with Gasteiger partial charge in [0.25, 0.3) is 12.2 Å². The number of anilines is 1. The number of nitrogens with one attached hydrogen (secondary N) is 1. The highest BCUT2D eigenvalue weighted by molar-refractivity contribution is 6.15. The third-order valence-corrected chi connectivity index (χ3v) is 3.06. The van der Waals surface area contributed by atoms with Gasteiger partial charge < -0.3 is 19.5 Å². The summed E-state index contributed by atoms with van der Waals surface area (Å²) in [5.74, 6) is -2.59. The molecule has 1 aliphatic rings. The number of hydrogen-bond acceptors (Lipinski definition) is 6. The maximum absolute atomic E-state index is 12.1. The quantitative estimate of drug-likeness (QED) is 0.504. The maximum atomic E-state index is 12.1. The van der Waals surface area contributed by atoms with Crippen molar-refractivity contribution in [2.75, 3.05) is 11.9 Å². The van der Waals surface area contributed by atoms with Gasteiger partial charge in [0.2, 0.25) is 0 Å². The Labute approximate surface area is 137 Å². The van der Waals surface area contributed by atoms with Gasteiger partial charge in [-0.3, -0.25) is 0 Å². The van der Waals surface area contributed by atoms with Crippen molar-refractivity contribution < 1.29 is 32.6 Å². The Balaban J connectivity index is 2.08. The molecule has 0 amide bonds. The molecule has 1 aromatic carbocycles. The highest BCUT2D eigenvalue weighted by Crippen LogP contribution is 2.25. The van der Waals surface area contributed by atoms with Crippen molar-refractivity contribution in [2.24, 2.45) is 0 Å². The first-order valence-corrected chi connectivity index (χ1v) is 7.13. The van der Waals surface area contributed by atoms with Gasteiger partial charge in [0.05, 0.1) is 0 Å². The van der Waals surface area contributed by atoms with Crippen molar-refractivity contribution in [2.45, 2.75) is 33.0 Å². The number of benzene rings is 1. The number of hydrogen-bond donors (Lipinski definition) is 1. The van der Waals surface area contributed by atoms with Crippen molar-refractivity contribution >= 4 is 17.6 Å². The van der Waals surface area contributed by atoms with Crippen LogP contribution in [0.4, 0.5) is 14.5 Å². The molecule has 0 atom stereocenters. The summed E-state index contributed by atoms with van der Waals surface area (Å²) in [6.07, 6.45) is -1.37. The van der Waals surface area contributed by atoms with Crippen LogP contribution < -0.4 is 10.1 Å². The van der Waals surface area contributed by atoms with Crippen molar-refractivity contribution in [1.82, 2.24) is 0 Å². The molecule has 1 aromatic rings. The first-order valence-electron chi connectivity index (χ1n) is 7.13. The van der Waals surface area contributed by atoms with E-state index in [4.69, 9.17) is 14.2 Å². The molecular formula is C16H17F2NO5. The highest BCUT2D eigenvalue weighted by atomic mass is 19.3. The van der Waals surface area contributed by atoms with E-state index in [9.17, 15) is 18.4 Å². The van der Waals surface area contributed by atoms with E-state index in [-0.39, 0.29) is 5.57 Å². The van der Waals surface area contributed by atoms with Crippen LogP contribution in [0.1, 0.15) is 19.4 Å². The van der Waals surface area contributed by atoms with E-state index in [1.165, 1.54) is 26.1 Å². The number of cyclic esters (lactones) is 2. The van der Waals surface area contributed by atoms with Crippen LogP contribution in [0, 0.1) is 6.92 Å². The Kier molecular flexibility index (Phi) is 5.06. The molecule has 0 radical (unpaired) electrons. The van der Waals surface area contributed by atoms with E-state index in [1.807, 2.05) is 0 Å². The van der Waals surface area contributed by atoms with Crippen molar-refractivity contribution in [3.8, 4) is 5.75 Å². The molecule has 0 saturated carbocycles. The predicted octanol–water partition coefficient (Wildman–Crippen LogP) is 2.77. The van der Waals surface area contributed by atoms with Crippen LogP contribution in [0.25, 0.3) is 0 Å². The van der Waals surface area contributed by atoms with E-state index in [1.54, 1.807) is 19.1 Å². The van der Waals surface area contributed by atoms with Crippen LogP contribution in [0.5, 0.6) is 5.75 Å².